The number of aromatic nitrogens is 7. The molecule has 30 heteroatoms. The molecule has 0 aliphatic carbocycles. The van der Waals surface area contributed by atoms with Gasteiger partial charge in [0.15, 0.2) is 0 Å². The minimum absolute atomic E-state index is 0.0131. The van der Waals surface area contributed by atoms with Crippen LogP contribution in [-0.2, 0) is 51.9 Å². The van der Waals surface area contributed by atoms with Crippen LogP contribution in [0.25, 0.3) is 0 Å². The third-order valence-corrected chi connectivity index (χ3v) is 19.4. The minimum atomic E-state index is -4.59. The van der Waals surface area contributed by atoms with Crippen LogP contribution in [0, 0.1) is 0 Å². The number of hydrogen-bond donors (Lipinski definition) is 6. The molecule has 0 unspecified atom stereocenters. The zero-order valence-corrected chi connectivity index (χ0v) is 54.1. The number of pyridine rings is 1. The van der Waals surface area contributed by atoms with Crippen LogP contribution in [0.1, 0.15) is 45.5 Å². The third-order valence-electron chi connectivity index (χ3n) is 13.9. The molecule has 10 rings (SSSR count). The minimum Gasteiger partial charge on any atom is -0.367 e. The zero-order valence-electron chi connectivity index (χ0n) is 50.6. The molecule has 0 spiro atoms. The van der Waals surface area contributed by atoms with Crippen molar-refractivity contribution in [1.82, 2.24) is 39.8 Å². The molecule has 1 aliphatic rings. The van der Waals surface area contributed by atoms with Gasteiger partial charge < -0.3 is 45.6 Å². The molecule has 5 aromatic heterocycles. The molecule has 6 heterocycles. The third kappa shape index (κ3) is 20.9. The molecule has 0 bridgehead atoms. The van der Waals surface area contributed by atoms with E-state index in [1.165, 1.54) is 16.9 Å². The average Bonchev–Trinajstić information content (AvgIpc) is 0.960. The lowest BCUT2D eigenvalue weighted by atomic mass is 10.0. The Hall–Kier alpha value is -8.21. The van der Waals surface area contributed by atoms with Crippen LogP contribution in [0.2, 0.25) is 0 Å². The van der Waals surface area contributed by atoms with Crippen molar-refractivity contribution < 1.29 is 53.2 Å². The highest BCUT2D eigenvalue weighted by Gasteiger charge is 2.38. The number of halogens is 9. The molecule has 9 aromatic rings. The normalized spacial score (nSPS) is 13.4. The quantitative estimate of drug-likeness (QED) is 0.0328. The van der Waals surface area contributed by atoms with Gasteiger partial charge in [0.25, 0.3) is 0 Å². The lowest BCUT2D eigenvalue weighted by molar-refractivity contribution is -0.138. The van der Waals surface area contributed by atoms with Crippen molar-refractivity contribution in [3.8, 4) is 0 Å². The first-order valence-electron chi connectivity index (χ1n) is 28.4. The van der Waals surface area contributed by atoms with E-state index in [-0.39, 0.29) is 54.4 Å². The summed E-state index contributed by atoms with van der Waals surface area (Å²) in [6.07, 6.45) is -6.88. The number of thiophene rings is 1. The molecule has 0 radical (unpaired) electrons. The lowest BCUT2D eigenvalue weighted by Crippen LogP contribution is -2.39. The topological polar surface area (TPSA) is 217 Å². The molecule has 17 nitrogen and oxygen atoms in total. The van der Waals surface area contributed by atoms with Gasteiger partial charge >= 0.3 is 18.5 Å². The summed E-state index contributed by atoms with van der Waals surface area (Å²) in [4.78, 5) is 30.7. The van der Waals surface area contributed by atoms with Crippen LogP contribution in [0.4, 0.5) is 91.9 Å². The van der Waals surface area contributed by atoms with E-state index < -0.39 is 56.6 Å². The van der Waals surface area contributed by atoms with Gasteiger partial charge in [0, 0.05) is 101 Å². The van der Waals surface area contributed by atoms with Crippen molar-refractivity contribution in [1.29, 1.82) is 0 Å². The Labute approximate surface area is 530 Å². The van der Waals surface area contributed by atoms with Crippen LogP contribution in [0.15, 0.2) is 164 Å². The SMILES string of the molecule is CP(C)(=O)c1ccc(Nc2ncc(C(F)(F)F)c(NC3CCN(Cc4ccccc4)CC3)n2)cc1.CP(C)(=O)c1ccc(Nc2ncc(C(F)(F)F)c(NCc3cccs3)n2)cc1.CP(C)(=O)c1ccc(Nc2ncc(C(F)(F)F)c(NCc3ccncc3)n2)cc1. The smallest absolute Gasteiger partial charge is 0.367 e. The molecule has 1 aliphatic heterocycles. The second-order valence-corrected chi connectivity index (χ2v) is 32.9. The number of likely N-dealkylation sites (tertiary alicyclic amines) is 1. The summed E-state index contributed by atoms with van der Waals surface area (Å²) >= 11 is 1.44. The first-order chi connectivity index (χ1) is 43.3. The molecule has 4 aromatic carbocycles. The summed E-state index contributed by atoms with van der Waals surface area (Å²) in [5, 5.41) is 21.2. The molecule has 1 saturated heterocycles. The fourth-order valence-electron chi connectivity index (χ4n) is 8.97. The Kier molecular flexibility index (Phi) is 22.7. The van der Waals surface area contributed by atoms with E-state index in [0.29, 0.717) is 40.5 Å². The fraction of sp³-hybridized carbons (Fsp3) is 0.274. The molecule has 6 N–H and O–H groups in total. The second-order valence-electron chi connectivity index (χ2n) is 22.3. The highest BCUT2D eigenvalue weighted by atomic mass is 32.1. The van der Waals surface area contributed by atoms with Gasteiger partial charge in [-0.05, 0) is 160 Å². The number of piperidine rings is 1. The van der Waals surface area contributed by atoms with Gasteiger partial charge in [-0.3, -0.25) is 9.88 Å². The van der Waals surface area contributed by atoms with Gasteiger partial charge in [-0.15, -0.1) is 11.3 Å². The van der Waals surface area contributed by atoms with Crippen molar-refractivity contribution in [2.75, 3.05) is 85.0 Å². The highest BCUT2D eigenvalue weighted by molar-refractivity contribution is 7.70. The molecule has 0 amide bonds. The van der Waals surface area contributed by atoms with Crippen molar-refractivity contribution in [3.63, 3.8) is 0 Å². The molecule has 92 heavy (non-hydrogen) atoms. The van der Waals surface area contributed by atoms with E-state index in [2.05, 4.69) is 83.8 Å². The standard InChI is InChI=1S/C25H29F3N5OP.C19H19F3N5OP.C18H18F3N4OPS/c1-35(2,34)21-10-8-19(9-11-21)31-24-29-16-22(25(26,27)28)23(32-24)30-20-12-14-33(15-13-20)17-18-6-4-3-5-7-18;1-29(2,28)15-5-3-14(4-6-15)26-18-25-12-16(19(20,21)22)17(27-18)24-11-13-7-9-23-10-8-13;1-27(2,26)13-7-5-12(6-8-13)24-17-23-11-15(18(19,20)21)16(25-17)22-10-14-4-3-9-28-14/h3-11,16,20H,12-15,17H2,1-2H3,(H2,29,30,31,32);3-10,12H,11H2,1-2H3,(H2,24,25,26,27);3-9,11H,10H2,1-2H3,(H2,22,23,24,25). The number of alkyl halides is 9. The number of anilines is 9. The number of rotatable bonds is 19. The van der Waals surface area contributed by atoms with Crippen LogP contribution >= 0.6 is 32.8 Å². The van der Waals surface area contributed by atoms with Crippen LogP contribution in [0.3, 0.4) is 0 Å². The maximum absolute atomic E-state index is 13.6. The van der Waals surface area contributed by atoms with E-state index in [0.717, 1.165) is 54.0 Å². The number of benzene rings is 4. The lowest BCUT2D eigenvalue weighted by Gasteiger charge is -2.33. The second kappa shape index (κ2) is 30.0. The van der Waals surface area contributed by atoms with E-state index in [4.69, 9.17) is 0 Å². The summed E-state index contributed by atoms with van der Waals surface area (Å²) in [7, 11) is -7.17. The van der Waals surface area contributed by atoms with Crippen LogP contribution in [-0.4, -0.2) is 98.9 Å². The Balaban J connectivity index is 0.000000179. The molecular weight excluding hydrogens is 1280 g/mol. The first-order valence-corrected chi connectivity index (χ1v) is 37.0. The van der Waals surface area contributed by atoms with Gasteiger partial charge in [-0.1, -0.05) is 36.4 Å². The maximum Gasteiger partial charge on any atom is 0.421 e. The van der Waals surface area contributed by atoms with Gasteiger partial charge in [-0.2, -0.15) is 54.5 Å². The van der Waals surface area contributed by atoms with Gasteiger partial charge in [-0.25, -0.2) is 15.0 Å². The summed E-state index contributed by atoms with van der Waals surface area (Å²) < 4.78 is 157. The van der Waals surface area contributed by atoms with Gasteiger partial charge in [0.2, 0.25) is 17.8 Å². The predicted molar refractivity (Wildman–Crippen MR) is 349 cm³/mol. The summed E-state index contributed by atoms with van der Waals surface area (Å²) in [5.74, 6) is -0.729. The fourth-order valence-corrected chi connectivity index (χ4v) is 12.2. The Morgan fingerprint density at radius 2 is 0.870 bits per heavy atom. The summed E-state index contributed by atoms with van der Waals surface area (Å²) in [5.41, 5.74) is 0.973. The molecular formula is C62H66F9N14O3P3S. The number of nitrogens with zero attached hydrogens (tertiary/aromatic N) is 8. The summed E-state index contributed by atoms with van der Waals surface area (Å²) in [6, 6.07) is 37.5. The molecule has 0 atom stereocenters. The zero-order chi connectivity index (χ0) is 66.5. The monoisotopic (exact) mass is 1350 g/mol. The van der Waals surface area contributed by atoms with E-state index >= 15 is 0 Å². The van der Waals surface area contributed by atoms with E-state index in [1.54, 1.807) is 137 Å². The van der Waals surface area contributed by atoms with Crippen molar-refractivity contribution in [3.05, 3.63) is 196 Å². The molecule has 0 saturated carbocycles. The van der Waals surface area contributed by atoms with Crippen molar-refractivity contribution >= 4 is 101 Å². The molecule has 486 valence electrons. The van der Waals surface area contributed by atoms with Crippen molar-refractivity contribution in [2.24, 2.45) is 0 Å². The number of nitrogens with one attached hydrogen (secondary N) is 6. The average molecular weight is 1350 g/mol. The van der Waals surface area contributed by atoms with Gasteiger partial charge in [0.05, 0.1) is 6.54 Å². The van der Waals surface area contributed by atoms with Crippen LogP contribution < -0.4 is 47.8 Å². The number of hydrogen-bond acceptors (Lipinski definition) is 18. The summed E-state index contributed by atoms with van der Waals surface area (Å²) in [6.45, 7) is 12.8. The largest absolute Gasteiger partial charge is 0.421 e. The Morgan fingerprint density at radius 1 is 0.478 bits per heavy atom. The first kappa shape index (κ1) is 69.7. The van der Waals surface area contributed by atoms with E-state index in [1.807, 2.05) is 35.7 Å². The van der Waals surface area contributed by atoms with Gasteiger partial charge in [0.1, 0.15) is 55.6 Å². The highest BCUT2D eigenvalue weighted by Crippen LogP contribution is 2.40. The Morgan fingerprint density at radius 3 is 1.25 bits per heavy atom. The van der Waals surface area contributed by atoms with E-state index in [9.17, 15) is 53.2 Å². The van der Waals surface area contributed by atoms with Crippen LogP contribution in [0.5, 0.6) is 0 Å². The molecule has 1 fully saturated rings. The maximum atomic E-state index is 13.6. The predicted octanol–water partition coefficient (Wildman–Crippen LogP) is 15.2. The Bertz CT molecular complexity index is 4000. The van der Waals surface area contributed by atoms with Crippen molar-refractivity contribution in [2.45, 2.75) is 57.0 Å².